The molecule has 2 aromatic rings. The van der Waals surface area contributed by atoms with E-state index in [4.69, 9.17) is 0 Å². The Hall–Kier alpha value is -2.41. The molecule has 1 aliphatic rings. The van der Waals surface area contributed by atoms with Crippen molar-refractivity contribution in [1.29, 1.82) is 0 Å². The van der Waals surface area contributed by atoms with Crippen molar-refractivity contribution in [3.63, 3.8) is 0 Å². The molecule has 26 heavy (non-hydrogen) atoms. The predicted octanol–water partition coefficient (Wildman–Crippen LogP) is 3.93. The van der Waals surface area contributed by atoms with Gasteiger partial charge in [0.05, 0.1) is 11.3 Å². The van der Waals surface area contributed by atoms with Gasteiger partial charge < -0.3 is 10.2 Å². The van der Waals surface area contributed by atoms with Crippen LogP contribution in [0.1, 0.15) is 23.2 Å². The summed E-state index contributed by atoms with van der Waals surface area (Å²) in [6.45, 7) is 1.58. The summed E-state index contributed by atoms with van der Waals surface area (Å²) in [6.07, 6.45) is 2.06. The number of carbonyl (C=O) groups excluding carboxylic acids is 2. The monoisotopic (exact) mass is 376 g/mol. The Morgan fingerprint density at radius 3 is 2.50 bits per heavy atom. The maximum atomic E-state index is 13.3. The van der Waals surface area contributed by atoms with E-state index in [2.05, 4.69) is 5.32 Å². The lowest BCUT2D eigenvalue weighted by Gasteiger charge is -2.15. The SMILES string of the molecule is O=C(Nc1ccc(F)c(F)c1)c1ccccc1SCC(=O)N1CCCC1. The number of benzene rings is 2. The van der Waals surface area contributed by atoms with Gasteiger partial charge in [-0.25, -0.2) is 8.78 Å². The number of carbonyl (C=O) groups is 2. The van der Waals surface area contributed by atoms with Crippen LogP contribution in [-0.2, 0) is 4.79 Å². The second-order valence-corrected chi connectivity index (χ2v) is 6.97. The van der Waals surface area contributed by atoms with Crippen LogP contribution in [0.25, 0.3) is 0 Å². The van der Waals surface area contributed by atoms with Crippen LogP contribution in [0.4, 0.5) is 14.5 Å². The van der Waals surface area contributed by atoms with Crippen LogP contribution in [0.2, 0.25) is 0 Å². The minimum atomic E-state index is -1.03. The van der Waals surface area contributed by atoms with Crippen LogP contribution in [0.3, 0.4) is 0 Å². The molecule has 0 saturated carbocycles. The van der Waals surface area contributed by atoms with Crippen LogP contribution in [0.15, 0.2) is 47.4 Å². The van der Waals surface area contributed by atoms with E-state index in [9.17, 15) is 18.4 Å². The normalized spacial score (nSPS) is 13.7. The van der Waals surface area contributed by atoms with Gasteiger partial charge in [0.2, 0.25) is 5.91 Å². The van der Waals surface area contributed by atoms with E-state index < -0.39 is 17.5 Å². The van der Waals surface area contributed by atoms with Crippen molar-refractivity contribution in [3.8, 4) is 0 Å². The third-order valence-corrected chi connectivity index (χ3v) is 5.18. The van der Waals surface area contributed by atoms with E-state index in [0.29, 0.717) is 10.5 Å². The summed E-state index contributed by atoms with van der Waals surface area (Å²) >= 11 is 1.30. The minimum absolute atomic E-state index is 0.0586. The van der Waals surface area contributed by atoms with Crippen molar-refractivity contribution in [2.75, 3.05) is 24.2 Å². The van der Waals surface area contributed by atoms with Crippen LogP contribution in [0.5, 0.6) is 0 Å². The summed E-state index contributed by atoms with van der Waals surface area (Å²) in [6, 6.07) is 10.1. The zero-order valence-electron chi connectivity index (χ0n) is 14.0. The average molecular weight is 376 g/mol. The van der Waals surface area contributed by atoms with Gasteiger partial charge in [-0.2, -0.15) is 0 Å². The lowest BCUT2D eigenvalue weighted by atomic mass is 10.2. The van der Waals surface area contributed by atoms with E-state index in [1.165, 1.54) is 17.8 Å². The first-order valence-electron chi connectivity index (χ1n) is 8.30. The molecule has 0 aromatic heterocycles. The molecule has 2 amide bonds. The highest BCUT2D eigenvalue weighted by Crippen LogP contribution is 2.25. The number of hydrogen-bond donors (Lipinski definition) is 1. The summed E-state index contributed by atoms with van der Waals surface area (Å²) < 4.78 is 26.3. The molecule has 1 N–H and O–H groups in total. The summed E-state index contributed by atoms with van der Waals surface area (Å²) in [5.41, 5.74) is 0.554. The zero-order chi connectivity index (χ0) is 18.5. The van der Waals surface area contributed by atoms with Crippen molar-refractivity contribution in [2.24, 2.45) is 0 Å². The predicted molar refractivity (Wildman–Crippen MR) is 97.3 cm³/mol. The standard InChI is InChI=1S/C19H18F2N2O2S/c20-15-8-7-13(11-16(15)21)22-19(25)14-5-1-2-6-17(14)26-12-18(24)23-9-3-4-10-23/h1-2,5-8,11H,3-4,9-10,12H2,(H,22,25). The van der Waals surface area contributed by atoms with E-state index in [1.807, 2.05) is 4.90 Å². The smallest absolute Gasteiger partial charge is 0.256 e. The first-order valence-corrected chi connectivity index (χ1v) is 9.29. The molecule has 4 nitrogen and oxygen atoms in total. The summed E-state index contributed by atoms with van der Waals surface area (Å²) in [5, 5.41) is 2.56. The molecule has 1 fully saturated rings. The molecule has 0 radical (unpaired) electrons. The van der Waals surface area contributed by atoms with Crippen molar-refractivity contribution >= 4 is 29.3 Å². The first-order chi connectivity index (χ1) is 12.5. The molecule has 0 bridgehead atoms. The Kier molecular flexibility index (Phi) is 5.88. The quantitative estimate of drug-likeness (QED) is 0.805. The fourth-order valence-corrected chi connectivity index (χ4v) is 3.70. The van der Waals surface area contributed by atoms with Gasteiger partial charge in [0.15, 0.2) is 11.6 Å². The highest BCUT2D eigenvalue weighted by molar-refractivity contribution is 8.00. The molecule has 3 rings (SSSR count). The van der Waals surface area contributed by atoms with Crippen molar-refractivity contribution in [1.82, 2.24) is 4.90 Å². The third-order valence-electron chi connectivity index (χ3n) is 4.12. The van der Waals surface area contributed by atoms with Gasteiger partial charge in [0.25, 0.3) is 5.91 Å². The van der Waals surface area contributed by atoms with E-state index in [-0.39, 0.29) is 17.3 Å². The van der Waals surface area contributed by atoms with Crippen LogP contribution < -0.4 is 5.32 Å². The Morgan fingerprint density at radius 2 is 1.77 bits per heavy atom. The highest BCUT2D eigenvalue weighted by atomic mass is 32.2. The molecule has 0 aliphatic carbocycles. The number of rotatable bonds is 5. The van der Waals surface area contributed by atoms with Gasteiger partial charge in [0, 0.05) is 29.7 Å². The van der Waals surface area contributed by atoms with Crippen LogP contribution in [-0.4, -0.2) is 35.6 Å². The third kappa shape index (κ3) is 4.40. The van der Waals surface area contributed by atoms with Crippen molar-refractivity contribution < 1.29 is 18.4 Å². The Labute approximate surface area is 154 Å². The lowest BCUT2D eigenvalue weighted by Crippen LogP contribution is -2.29. The summed E-state index contributed by atoms with van der Waals surface area (Å²) in [5.74, 6) is -2.12. The number of nitrogens with zero attached hydrogens (tertiary/aromatic N) is 1. The Balaban J connectivity index is 1.68. The number of hydrogen-bond acceptors (Lipinski definition) is 3. The molecule has 1 saturated heterocycles. The van der Waals surface area contributed by atoms with Gasteiger partial charge in [-0.3, -0.25) is 9.59 Å². The van der Waals surface area contributed by atoms with Gasteiger partial charge in [0.1, 0.15) is 0 Å². The summed E-state index contributed by atoms with van der Waals surface area (Å²) in [4.78, 5) is 27.2. The van der Waals surface area contributed by atoms with Gasteiger partial charge in [-0.05, 0) is 37.1 Å². The van der Waals surface area contributed by atoms with Gasteiger partial charge in [-0.15, -0.1) is 11.8 Å². The average Bonchev–Trinajstić information content (AvgIpc) is 3.18. The van der Waals surface area contributed by atoms with Crippen molar-refractivity contribution in [3.05, 3.63) is 59.7 Å². The van der Waals surface area contributed by atoms with E-state index in [0.717, 1.165) is 38.1 Å². The second kappa shape index (κ2) is 8.31. The van der Waals surface area contributed by atoms with Crippen LogP contribution >= 0.6 is 11.8 Å². The molecule has 1 heterocycles. The van der Waals surface area contributed by atoms with Crippen molar-refractivity contribution in [2.45, 2.75) is 17.7 Å². The fourth-order valence-electron chi connectivity index (χ4n) is 2.75. The maximum absolute atomic E-state index is 13.3. The molecular weight excluding hydrogens is 358 g/mol. The molecule has 0 atom stereocenters. The Bertz CT molecular complexity index is 823. The molecule has 2 aromatic carbocycles. The topological polar surface area (TPSA) is 49.4 Å². The second-order valence-electron chi connectivity index (χ2n) is 5.96. The summed E-state index contributed by atoms with van der Waals surface area (Å²) in [7, 11) is 0. The number of thioether (sulfide) groups is 1. The van der Waals surface area contributed by atoms with Gasteiger partial charge in [-0.1, -0.05) is 12.1 Å². The van der Waals surface area contributed by atoms with E-state index >= 15 is 0 Å². The number of likely N-dealkylation sites (tertiary alicyclic amines) is 1. The Morgan fingerprint density at radius 1 is 1.04 bits per heavy atom. The molecule has 0 unspecified atom stereocenters. The number of nitrogens with one attached hydrogen (secondary N) is 1. The minimum Gasteiger partial charge on any atom is -0.342 e. The van der Waals surface area contributed by atoms with Crippen LogP contribution in [0, 0.1) is 11.6 Å². The van der Waals surface area contributed by atoms with E-state index in [1.54, 1.807) is 24.3 Å². The number of amides is 2. The van der Waals surface area contributed by atoms with Gasteiger partial charge >= 0.3 is 0 Å². The molecule has 7 heteroatoms. The molecule has 0 spiro atoms. The lowest BCUT2D eigenvalue weighted by molar-refractivity contribution is -0.127. The molecule has 1 aliphatic heterocycles. The molecule has 136 valence electrons. The maximum Gasteiger partial charge on any atom is 0.256 e. The largest absolute Gasteiger partial charge is 0.342 e. The number of halogens is 2. The fraction of sp³-hybridized carbons (Fsp3) is 0.263. The number of anilines is 1. The zero-order valence-corrected chi connectivity index (χ0v) is 14.8. The molecular formula is C19H18F2N2O2S. The first kappa shape index (κ1) is 18.4. The highest BCUT2D eigenvalue weighted by Gasteiger charge is 2.19.